The number of rotatable bonds is 7. The molecule has 6 nitrogen and oxygen atoms in total. The predicted molar refractivity (Wildman–Crippen MR) is 84.9 cm³/mol. The van der Waals surface area contributed by atoms with Gasteiger partial charge in [0.1, 0.15) is 16.9 Å². The van der Waals surface area contributed by atoms with Gasteiger partial charge in [0.05, 0.1) is 12.7 Å². The zero-order valence-corrected chi connectivity index (χ0v) is 13.9. The number of amides is 1. The lowest BCUT2D eigenvalue weighted by atomic mass is 9.90. The zero-order valence-electron chi connectivity index (χ0n) is 13.9. The Kier molecular flexibility index (Phi) is 6.58. The highest BCUT2D eigenvalue weighted by Gasteiger charge is 2.30. The van der Waals surface area contributed by atoms with E-state index >= 15 is 0 Å². The molecule has 0 heterocycles. The van der Waals surface area contributed by atoms with Gasteiger partial charge in [0.2, 0.25) is 0 Å². The largest absolute Gasteiger partial charge is 0.493 e. The van der Waals surface area contributed by atoms with E-state index in [0.717, 1.165) is 0 Å². The topological polar surface area (TPSA) is 88.4 Å². The van der Waals surface area contributed by atoms with Gasteiger partial charge < -0.3 is 14.8 Å². The van der Waals surface area contributed by atoms with Gasteiger partial charge in [-0.05, 0) is 31.9 Å². The third-order valence-corrected chi connectivity index (χ3v) is 3.53. The summed E-state index contributed by atoms with van der Waals surface area (Å²) in [5.74, 6) is -0.840. The number of hydrogen-bond donors (Lipinski definition) is 1. The maximum Gasteiger partial charge on any atom is 0.342 e. The third-order valence-electron chi connectivity index (χ3n) is 3.53. The molecule has 6 heteroatoms. The molecule has 0 radical (unpaired) electrons. The SMILES string of the molecule is CCOc1ccccc1C(=O)OCC(=O)N[C@](C)(C#N)C(C)C. The second-order valence-electron chi connectivity index (χ2n) is 5.52. The van der Waals surface area contributed by atoms with Crippen LogP contribution in [0.3, 0.4) is 0 Å². The van der Waals surface area contributed by atoms with Crippen molar-refractivity contribution < 1.29 is 19.1 Å². The molecule has 1 rings (SSSR count). The Bertz CT molecular complexity index is 607. The summed E-state index contributed by atoms with van der Waals surface area (Å²) in [6.07, 6.45) is 0. The van der Waals surface area contributed by atoms with Crippen molar-refractivity contribution in [1.29, 1.82) is 5.26 Å². The lowest BCUT2D eigenvalue weighted by Gasteiger charge is -2.27. The molecule has 1 atom stereocenters. The molecule has 1 aromatic rings. The molecule has 0 aliphatic carbocycles. The number of nitriles is 1. The van der Waals surface area contributed by atoms with Crippen LogP contribution in [0.5, 0.6) is 5.75 Å². The number of esters is 1. The van der Waals surface area contributed by atoms with Crippen molar-refractivity contribution in [3.8, 4) is 11.8 Å². The minimum Gasteiger partial charge on any atom is -0.493 e. The first-order chi connectivity index (χ1) is 10.8. The number of carbonyl (C=O) groups is 2. The molecule has 0 aromatic heterocycles. The van der Waals surface area contributed by atoms with E-state index in [2.05, 4.69) is 11.4 Å². The van der Waals surface area contributed by atoms with Crippen molar-refractivity contribution in [3.05, 3.63) is 29.8 Å². The highest BCUT2D eigenvalue weighted by atomic mass is 16.5. The Hall–Kier alpha value is -2.55. The van der Waals surface area contributed by atoms with E-state index in [1.165, 1.54) is 0 Å². The molecule has 0 saturated heterocycles. The molecule has 0 aliphatic heterocycles. The van der Waals surface area contributed by atoms with Crippen LogP contribution < -0.4 is 10.1 Å². The van der Waals surface area contributed by atoms with Crippen LogP contribution in [0.1, 0.15) is 38.1 Å². The summed E-state index contributed by atoms with van der Waals surface area (Å²) in [4.78, 5) is 24.0. The number of nitrogens with one attached hydrogen (secondary N) is 1. The molecular weight excluding hydrogens is 296 g/mol. The average Bonchev–Trinajstić information content (AvgIpc) is 2.53. The number of para-hydroxylation sites is 1. The maximum atomic E-state index is 12.1. The van der Waals surface area contributed by atoms with E-state index in [1.807, 2.05) is 20.8 Å². The van der Waals surface area contributed by atoms with E-state index in [4.69, 9.17) is 14.7 Å². The van der Waals surface area contributed by atoms with Crippen LogP contribution in [-0.4, -0.2) is 30.6 Å². The van der Waals surface area contributed by atoms with Crippen molar-refractivity contribution in [1.82, 2.24) is 5.32 Å². The van der Waals surface area contributed by atoms with E-state index in [1.54, 1.807) is 31.2 Å². The fourth-order valence-electron chi connectivity index (χ4n) is 1.75. The molecule has 0 unspecified atom stereocenters. The Morgan fingerprint density at radius 1 is 1.35 bits per heavy atom. The Morgan fingerprint density at radius 2 is 2.00 bits per heavy atom. The Labute approximate surface area is 136 Å². The molecule has 23 heavy (non-hydrogen) atoms. The van der Waals surface area contributed by atoms with Gasteiger partial charge in [0, 0.05) is 0 Å². The summed E-state index contributed by atoms with van der Waals surface area (Å²) in [6.45, 7) is 7.05. The lowest BCUT2D eigenvalue weighted by Crippen LogP contribution is -2.50. The normalized spacial score (nSPS) is 12.9. The van der Waals surface area contributed by atoms with E-state index in [0.29, 0.717) is 12.4 Å². The van der Waals surface area contributed by atoms with Crippen LogP contribution in [0.25, 0.3) is 0 Å². The van der Waals surface area contributed by atoms with Gasteiger partial charge in [-0.25, -0.2) is 4.79 Å². The number of benzene rings is 1. The van der Waals surface area contributed by atoms with E-state index in [9.17, 15) is 9.59 Å². The quantitative estimate of drug-likeness (QED) is 0.779. The van der Waals surface area contributed by atoms with Gasteiger partial charge >= 0.3 is 5.97 Å². The van der Waals surface area contributed by atoms with Gasteiger partial charge in [-0.2, -0.15) is 5.26 Å². The smallest absolute Gasteiger partial charge is 0.342 e. The Morgan fingerprint density at radius 3 is 2.57 bits per heavy atom. The summed E-state index contributed by atoms with van der Waals surface area (Å²) in [7, 11) is 0. The molecule has 1 amide bonds. The first kappa shape index (κ1) is 18.5. The predicted octanol–water partition coefficient (Wildman–Crippen LogP) is 2.30. The molecule has 1 N–H and O–H groups in total. The molecule has 0 spiro atoms. The summed E-state index contributed by atoms with van der Waals surface area (Å²) >= 11 is 0. The standard InChI is InChI=1S/C17H22N2O4/c1-5-22-14-9-7-6-8-13(14)16(21)23-10-15(20)19-17(4,11-18)12(2)3/h6-9,12H,5,10H2,1-4H3,(H,19,20)/t17-/m1/s1. The second-order valence-corrected chi connectivity index (χ2v) is 5.52. The summed E-state index contributed by atoms with van der Waals surface area (Å²) in [5.41, 5.74) is -0.749. The van der Waals surface area contributed by atoms with E-state index < -0.39 is 24.0 Å². The van der Waals surface area contributed by atoms with Crippen LogP contribution in [-0.2, 0) is 9.53 Å². The summed E-state index contributed by atoms with van der Waals surface area (Å²) in [6, 6.07) is 8.72. The van der Waals surface area contributed by atoms with Crippen LogP contribution in [0, 0.1) is 17.2 Å². The first-order valence-corrected chi connectivity index (χ1v) is 7.45. The number of ether oxygens (including phenoxy) is 2. The molecular formula is C17H22N2O4. The average molecular weight is 318 g/mol. The molecule has 124 valence electrons. The van der Waals surface area contributed by atoms with Crippen LogP contribution in [0.2, 0.25) is 0 Å². The monoisotopic (exact) mass is 318 g/mol. The minimum atomic E-state index is -1.01. The molecule has 0 fully saturated rings. The number of nitrogens with zero attached hydrogens (tertiary/aromatic N) is 1. The fraction of sp³-hybridized carbons (Fsp3) is 0.471. The van der Waals surface area contributed by atoms with Gasteiger partial charge in [-0.3, -0.25) is 4.79 Å². The number of hydrogen-bond acceptors (Lipinski definition) is 5. The second kappa shape index (κ2) is 8.18. The number of carbonyl (C=O) groups excluding carboxylic acids is 2. The molecule has 0 bridgehead atoms. The summed E-state index contributed by atoms with van der Waals surface area (Å²) < 4.78 is 10.4. The highest BCUT2D eigenvalue weighted by molar-refractivity contribution is 5.94. The molecule has 1 aromatic carbocycles. The molecule has 0 saturated carbocycles. The van der Waals surface area contributed by atoms with Crippen molar-refractivity contribution >= 4 is 11.9 Å². The lowest BCUT2D eigenvalue weighted by molar-refractivity contribution is -0.125. The van der Waals surface area contributed by atoms with Crippen molar-refractivity contribution in [3.63, 3.8) is 0 Å². The van der Waals surface area contributed by atoms with Gasteiger partial charge in [-0.15, -0.1) is 0 Å². The van der Waals surface area contributed by atoms with Gasteiger partial charge in [-0.1, -0.05) is 26.0 Å². The van der Waals surface area contributed by atoms with Gasteiger partial charge in [0.25, 0.3) is 5.91 Å². The maximum absolute atomic E-state index is 12.1. The van der Waals surface area contributed by atoms with Crippen LogP contribution in [0.15, 0.2) is 24.3 Å². The van der Waals surface area contributed by atoms with Crippen LogP contribution >= 0.6 is 0 Å². The van der Waals surface area contributed by atoms with Gasteiger partial charge in [0.15, 0.2) is 6.61 Å². The van der Waals surface area contributed by atoms with Crippen molar-refractivity contribution in [2.75, 3.05) is 13.2 Å². The van der Waals surface area contributed by atoms with E-state index in [-0.39, 0.29) is 11.5 Å². The van der Waals surface area contributed by atoms with Crippen molar-refractivity contribution in [2.24, 2.45) is 5.92 Å². The van der Waals surface area contributed by atoms with Crippen LogP contribution in [0.4, 0.5) is 0 Å². The molecule has 0 aliphatic rings. The minimum absolute atomic E-state index is 0.0779. The van der Waals surface area contributed by atoms with Crippen molar-refractivity contribution in [2.45, 2.75) is 33.2 Å². The zero-order chi connectivity index (χ0) is 17.5. The summed E-state index contributed by atoms with van der Waals surface area (Å²) in [5, 5.41) is 11.7. The first-order valence-electron chi connectivity index (χ1n) is 7.45. The fourth-order valence-corrected chi connectivity index (χ4v) is 1.75. The third kappa shape index (κ3) is 4.99. The highest BCUT2D eigenvalue weighted by Crippen LogP contribution is 2.19. The Balaban J connectivity index is 2.67.